The predicted molar refractivity (Wildman–Crippen MR) is 103 cm³/mol. The van der Waals surface area contributed by atoms with Gasteiger partial charge in [-0.1, -0.05) is 23.4 Å². The summed E-state index contributed by atoms with van der Waals surface area (Å²) in [5.74, 6) is 0.0159. The second-order valence-corrected chi connectivity index (χ2v) is 6.59. The molecule has 1 amide bonds. The van der Waals surface area contributed by atoms with Gasteiger partial charge in [0, 0.05) is 5.56 Å². The third-order valence-corrected chi connectivity index (χ3v) is 4.58. The number of hydrogen-bond acceptors (Lipinski definition) is 6. The molecule has 1 aromatic carbocycles. The summed E-state index contributed by atoms with van der Waals surface area (Å²) in [4.78, 5) is 17.5. The van der Waals surface area contributed by atoms with Gasteiger partial charge in [-0.05, 0) is 38.1 Å². The summed E-state index contributed by atoms with van der Waals surface area (Å²) in [5, 5.41) is 7.17. The zero-order valence-electron chi connectivity index (χ0n) is 16.1. The van der Waals surface area contributed by atoms with Gasteiger partial charge in [-0.3, -0.25) is 4.79 Å². The number of aromatic nitrogens is 2. The van der Waals surface area contributed by atoms with Crippen LogP contribution in [0.3, 0.4) is 0 Å². The molecule has 0 fully saturated rings. The Bertz CT molecular complexity index is 1190. The second-order valence-electron chi connectivity index (χ2n) is 6.59. The fourth-order valence-corrected chi connectivity index (χ4v) is 3.22. The van der Waals surface area contributed by atoms with E-state index in [1.807, 2.05) is 0 Å². The lowest BCUT2D eigenvalue weighted by molar-refractivity contribution is -0.0506. The average Bonchev–Trinajstić information content (AvgIpc) is 3.37. The number of nitrogens with one attached hydrogen (secondary N) is 1. The van der Waals surface area contributed by atoms with E-state index in [0.29, 0.717) is 28.1 Å². The Morgan fingerprint density at radius 1 is 1.20 bits per heavy atom. The molecule has 3 aromatic heterocycles. The zero-order valence-corrected chi connectivity index (χ0v) is 16.1. The third-order valence-electron chi connectivity index (χ3n) is 4.58. The number of fused-ring (bicyclic) bond motifs is 1. The summed E-state index contributed by atoms with van der Waals surface area (Å²) in [7, 11) is 0. The number of rotatable bonds is 6. The van der Waals surface area contributed by atoms with Crippen LogP contribution in [0.25, 0.3) is 22.6 Å². The van der Waals surface area contributed by atoms with Crippen molar-refractivity contribution in [3.8, 4) is 17.2 Å². The first-order valence-electron chi connectivity index (χ1n) is 9.09. The third kappa shape index (κ3) is 3.73. The number of aryl methyl sites for hydroxylation is 1. The van der Waals surface area contributed by atoms with Gasteiger partial charge >= 0.3 is 6.61 Å². The van der Waals surface area contributed by atoms with E-state index in [2.05, 4.69) is 20.2 Å². The highest BCUT2D eigenvalue weighted by Crippen LogP contribution is 2.29. The Balaban J connectivity index is 1.69. The van der Waals surface area contributed by atoms with E-state index in [4.69, 9.17) is 8.94 Å². The van der Waals surface area contributed by atoms with Gasteiger partial charge in [-0.15, -0.1) is 0 Å². The monoisotopic (exact) mass is 413 g/mol. The standard InChI is InChI=1S/C21H17F2N3O4/c1-11(13-6-3-4-7-16(13)29-21(22)23)24-19(27)14-10-15(17-8-5-9-28-17)25-20-18(14)12(2)26-30-20/h3-11,21H,1-2H3,(H,24,27). The SMILES string of the molecule is Cc1noc2nc(-c3ccco3)cc(C(=O)NC(C)c3ccccc3OC(F)F)c12. The van der Waals surface area contributed by atoms with E-state index in [9.17, 15) is 13.6 Å². The Morgan fingerprint density at radius 3 is 2.73 bits per heavy atom. The van der Waals surface area contributed by atoms with E-state index < -0.39 is 18.6 Å². The van der Waals surface area contributed by atoms with E-state index in [1.165, 1.54) is 12.3 Å². The lowest BCUT2D eigenvalue weighted by atomic mass is 10.0. The van der Waals surface area contributed by atoms with Crippen LogP contribution in [0.5, 0.6) is 5.75 Å². The predicted octanol–water partition coefficient (Wildman–Crippen LogP) is 4.88. The van der Waals surface area contributed by atoms with Crippen LogP contribution in [0.4, 0.5) is 8.78 Å². The number of hydrogen-bond donors (Lipinski definition) is 1. The molecule has 1 unspecified atom stereocenters. The molecule has 0 bridgehead atoms. The van der Waals surface area contributed by atoms with Gasteiger partial charge in [0.25, 0.3) is 11.6 Å². The van der Waals surface area contributed by atoms with Gasteiger partial charge in [0.1, 0.15) is 11.4 Å². The van der Waals surface area contributed by atoms with Crippen LogP contribution >= 0.6 is 0 Å². The molecule has 0 aliphatic carbocycles. The molecule has 1 atom stereocenters. The lowest BCUT2D eigenvalue weighted by Crippen LogP contribution is -2.27. The maximum Gasteiger partial charge on any atom is 0.387 e. The first-order chi connectivity index (χ1) is 14.4. The highest BCUT2D eigenvalue weighted by Gasteiger charge is 2.23. The Kier molecular flexibility index (Phi) is 5.18. The topological polar surface area (TPSA) is 90.4 Å². The van der Waals surface area contributed by atoms with Crippen LogP contribution < -0.4 is 10.1 Å². The lowest BCUT2D eigenvalue weighted by Gasteiger charge is -2.18. The van der Waals surface area contributed by atoms with Crippen molar-refractivity contribution in [1.29, 1.82) is 0 Å². The Labute approximate surface area is 169 Å². The molecule has 9 heteroatoms. The van der Waals surface area contributed by atoms with Crippen molar-refractivity contribution in [3.63, 3.8) is 0 Å². The maximum absolute atomic E-state index is 13.1. The van der Waals surface area contributed by atoms with E-state index in [0.717, 1.165) is 0 Å². The molecule has 7 nitrogen and oxygen atoms in total. The van der Waals surface area contributed by atoms with Gasteiger partial charge < -0.3 is 19.0 Å². The molecule has 0 saturated carbocycles. The Hall–Kier alpha value is -3.75. The number of carbonyl (C=O) groups is 1. The Morgan fingerprint density at radius 2 is 2.00 bits per heavy atom. The number of alkyl halides is 2. The molecule has 4 aromatic rings. The molecule has 4 rings (SSSR count). The van der Waals surface area contributed by atoms with Gasteiger partial charge in [0.05, 0.1) is 28.9 Å². The number of carbonyl (C=O) groups excluding carboxylic acids is 1. The summed E-state index contributed by atoms with van der Waals surface area (Å²) in [6.45, 7) is 0.411. The minimum absolute atomic E-state index is 0.00221. The second kappa shape index (κ2) is 7.94. The quantitative estimate of drug-likeness (QED) is 0.484. The van der Waals surface area contributed by atoms with E-state index >= 15 is 0 Å². The van der Waals surface area contributed by atoms with E-state index in [-0.39, 0.29) is 17.0 Å². The molecule has 0 aliphatic rings. The van der Waals surface area contributed by atoms with Crippen molar-refractivity contribution in [3.05, 3.63) is 65.5 Å². The van der Waals surface area contributed by atoms with Gasteiger partial charge in [-0.25, -0.2) is 4.98 Å². The van der Waals surface area contributed by atoms with Gasteiger partial charge in [0.15, 0.2) is 5.76 Å². The first-order valence-corrected chi connectivity index (χ1v) is 9.09. The number of benzene rings is 1. The van der Waals surface area contributed by atoms with E-state index in [1.54, 1.807) is 50.2 Å². The molecule has 0 saturated heterocycles. The van der Waals surface area contributed by atoms with Crippen molar-refractivity contribution in [2.45, 2.75) is 26.5 Å². The average molecular weight is 413 g/mol. The number of amides is 1. The molecule has 30 heavy (non-hydrogen) atoms. The van der Waals surface area contributed by atoms with Crippen LogP contribution in [0, 0.1) is 6.92 Å². The summed E-state index contributed by atoms with van der Waals surface area (Å²) in [6.07, 6.45) is 1.49. The van der Waals surface area contributed by atoms with Gasteiger partial charge in [-0.2, -0.15) is 8.78 Å². The molecule has 154 valence electrons. The van der Waals surface area contributed by atoms with Gasteiger partial charge in [0.2, 0.25) is 0 Å². The molecular formula is C21H17F2N3O4. The normalized spacial score (nSPS) is 12.3. The maximum atomic E-state index is 13.1. The molecular weight excluding hydrogens is 396 g/mol. The van der Waals surface area contributed by atoms with Crippen LogP contribution in [0.15, 0.2) is 57.7 Å². The first kappa shape index (κ1) is 19.6. The number of ether oxygens (including phenoxy) is 1. The van der Waals surface area contributed by atoms with Crippen molar-refractivity contribution in [2.75, 3.05) is 0 Å². The summed E-state index contributed by atoms with van der Waals surface area (Å²) >= 11 is 0. The smallest absolute Gasteiger partial charge is 0.387 e. The number of halogens is 2. The minimum Gasteiger partial charge on any atom is -0.463 e. The fourth-order valence-electron chi connectivity index (χ4n) is 3.22. The number of nitrogens with zero attached hydrogens (tertiary/aromatic N) is 2. The van der Waals surface area contributed by atoms with Crippen molar-refractivity contribution < 1.29 is 27.3 Å². The number of furan rings is 1. The number of para-hydroxylation sites is 1. The summed E-state index contributed by atoms with van der Waals surface area (Å²) < 4.78 is 40.6. The summed E-state index contributed by atoms with van der Waals surface area (Å²) in [6, 6.07) is 10.7. The van der Waals surface area contributed by atoms with Crippen LogP contribution in [0.1, 0.15) is 34.6 Å². The molecule has 0 aliphatic heterocycles. The minimum atomic E-state index is -2.97. The molecule has 1 N–H and O–H groups in total. The molecule has 0 radical (unpaired) electrons. The molecule has 3 heterocycles. The van der Waals surface area contributed by atoms with Crippen LogP contribution in [-0.2, 0) is 0 Å². The van der Waals surface area contributed by atoms with Crippen molar-refractivity contribution in [1.82, 2.24) is 15.5 Å². The highest BCUT2D eigenvalue weighted by molar-refractivity contribution is 6.07. The molecule has 0 spiro atoms. The zero-order chi connectivity index (χ0) is 21.3. The van der Waals surface area contributed by atoms with Crippen molar-refractivity contribution >= 4 is 17.0 Å². The fraction of sp³-hybridized carbons (Fsp3) is 0.190. The van der Waals surface area contributed by atoms with Crippen LogP contribution in [-0.4, -0.2) is 22.7 Å². The van der Waals surface area contributed by atoms with Crippen LogP contribution in [0.2, 0.25) is 0 Å². The largest absolute Gasteiger partial charge is 0.463 e. The number of pyridine rings is 1. The summed E-state index contributed by atoms with van der Waals surface area (Å²) in [5.41, 5.74) is 1.81. The van der Waals surface area contributed by atoms with Crippen molar-refractivity contribution in [2.24, 2.45) is 0 Å². The highest BCUT2D eigenvalue weighted by atomic mass is 19.3.